The lowest BCUT2D eigenvalue weighted by atomic mass is 10.1. The van der Waals surface area contributed by atoms with E-state index in [1.807, 2.05) is 31.5 Å². The van der Waals surface area contributed by atoms with Crippen LogP contribution in [-0.4, -0.2) is 40.9 Å². The lowest BCUT2D eigenvalue weighted by Gasteiger charge is -2.28. The molecule has 18 heavy (non-hydrogen) atoms. The van der Waals surface area contributed by atoms with Gasteiger partial charge in [0.1, 0.15) is 5.82 Å². The third-order valence-electron chi connectivity index (χ3n) is 2.82. The van der Waals surface area contributed by atoms with Gasteiger partial charge in [-0.05, 0) is 20.8 Å². The van der Waals surface area contributed by atoms with Crippen molar-refractivity contribution in [3.8, 4) is 0 Å². The van der Waals surface area contributed by atoms with Gasteiger partial charge in [-0.2, -0.15) is 5.10 Å². The van der Waals surface area contributed by atoms with Crippen molar-refractivity contribution >= 4 is 11.7 Å². The van der Waals surface area contributed by atoms with Crippen LogP contribution in [0, 0.1) is 0 Å². The van der Waals surface area contributed by atoms with E-state index >= 15 is 0 Å². The van der Waals surface area contributed by atoms with Crippen LogP contribution in [0.4, 0.5) is 5.82 Å². The van der Waals surface area contributed by atoms with Crippen LogP contribution in [0.1, 0.15) is 26.8 Å². The summed E-state index contributed by atoms with van der Waals surface area (Å²) in [6.45, 7) is 8.22. The minimum Gasteiger partial charge on any atom is -0.312 e. The van der Waals surface area contributed by atoms with Crippen molar-refractivity contribution in [3.63, 3.8) is 0 Å². The molecule has 1 fully saturated rings. The number of carbonyl (C=O) groups excluding carboxylic acids is 1. The summed E-state index contributed by atoms with van der Waals surface area (Å²) in [6, 6.07) is 2.18. The van der Waals surface area contributed by atoms with Gasteiger partial charge in [-0.1, -0.05) is 0 Å². The molecule has 2 heterocycles. The van der Waals surface area contributed by atoms with Gasteiger partial charge >= 0.3 is 0 Å². The normalized spacial score (nSPS) is 16.4. The average Bonchev–Trinajstić information content (AvgIpc) is 2.60. The van der Waals surface area contributed by atoms with Crippen LogP contribution in [0.5, 0.6) is 0 Å². The summed E-state index contributed by atoms with van der Waals surface area (Å²) >= 11 is 0. The van der Waals surface area contributed by atoms with E-state index in [2.05, 4.69) is 21.0 Å². The molecule has 0 aliphatic carbocycles. The number of aromatic nitrogens is 2. The molecule has 2 rings (SSSR count). The van der Waals surface area contributed by atoms with Crippen molar-refractivity contribution in [2.75, 3.05) is 25.0 Å². The number of nitrogens with zero attached hydrogens (tertiary/aromatic N) is 2. The highest BCUT2D eigenvalue weighted by Crippen LogP contribution is 2.17. The Kier molecular flexibility index (Phi) is 3.68. The summed E-state index contributed by atoms with van der Waals surface area (Å²) in [5, 5.41) is 13.5. The average molecular weight is 251 g/mol. The molecule has 0 bridgehead atoms. The van der Waals surface area contributed by atoms with E-state index in [-0.39, 0.29) is 11.4 Å². The van der Waals surface area contributed by atoms with Crippen LogP contribution in [0.3, 0.4) is 0 Å². The molecule has 1 amide bonds. The number of rotatable bonds is 4. The number of nitrogens with one attached hydrogen (secondary N) is 3. The summed E-state index contributed by atoms with van der Waals surface area (Å²) in [4.78, 5) is 11.8. The van der Waals surface area contributed by atoms with Crippen molar-refractivity contribution in [2.45, 2.75) is 32.4 Å². The minimum absolute atomic E-state index is 0.0426. The molecule has 6 heteroatoms. The molecule has 1 aliphatic heterocycles. The Morgan fingerprint density at radius 2 is 2.28 bits per heavy atom. The standard InChI is InChI=1S/C12H21N5O/c1-12(2,3)14-8-11(18)16-10-4-5-15-17(10)9-6-13-7-9/h4-5,9,13-14H,6-8H2,1-3H3,(H,16,18). The Hall–Kier alpha value is -1.40. The van der Waals surface area contributed by atoms with Gasteiger partial charge < -0.3 is 16.0 Å². The van der Waals surface area contributed by atoms with Crippen LogP contribution < -0.4 is 16.0 Å². The van der Waals surface area contributed by atoms with Crippen LogP contribution in [0.25, 0.3) is 0 Å². The number of anilines is 1. The summed E-state index contributed by atoms with van der Waals surface area (Å²) in [6.07, 6.45) is 1.71. The Balaban J connectivity index is 1.89. The van der Waals surface area contributed by atoms with E-state index in [0.717, 1.165) is 18.9 Å². The van der Waals surface area contributed by atoms with Crippen molar-refractivity contribution in [3.05, 3.63) is 12.3 Å². The molecule has 0 unspecified atom stereocenters. The minimum atomic E-state index is -0.0600. The zero-order valence-corrected chi connectivity index (χ0v) is 11.2. The topological polar surface area (TPSA) is 71.0 Å². The van der Waals surface area contributed by atoms with Gasteiger partial charge in [0.2, 0.25) is 5.91 Å². The summed E-state index contributed by atoms with van der Waals surface area (Å²) < 4.78 is 1.87. The molecule has 0 spiro atoms. The summed E-state index contributed by atoms with van der Waals surface area (Å²) in [5.41, 5.74) is -0.0600. The lowest BCUT2D eigenvalue weighted by Crippen LogP contribution is -2.45. The molecule has 0 aromatic carbocycles. The molecule has 3 N–H and O–H groups in total. The van der Waals surface area contributed by atoms with E-state index < -0.39 is 0 Å². The maximum absolute atomic E-state index is 11.8. The van der Waals surface area contributed by atoms with E-state index in [9.17, 15) is 4.79 Å². The van der Waals surface area contributed by atoms with Crippen LogP contribution in [0.2, 0.25) is 0 Å². The van der Waals surface area contributed by atoms with Crippen LogP contribution in [-0.2, 0) is 4.79 Å². The molecule has 1 saturated heterocycles. The van der Waals surface area contributed by atoms with Crippen LogP contribution in [0.15, 0.2) is 12.3 Å². The van der Waals surface area contributed by atoms with E-state index in [0.29, 0.717) is 12.6 Å². The van der Waals surface area contributed by atoms with E-state index in [4.69, 9.17) is 0 Å². The molecule has 0 atom stereocenters. The van der Waals surface area contributed by atoms with Crippen molar-refractivity contribution in [1.29, 1.82) is 0 Å². The molecule has 100 valence electrons. The van der Waals surface area contributed by atoms with Gasteiger partial charge in [0.25, 0.3) is 0 Å². The molecular formula is C12H21N5O. The van der Waals surface area contributed by atoms with Gasteiger partial charge in [0.15, 0.2) is 0 Å². The van der Waals surface area contributed by atoms with E-state index in [1.165, 1.54) is 0 Å². The maximum atomic E-state index is 11.8. The number of carbonyl (C=O) groups is 1. The SMILES string of the molecule is CC(C)(C)NCC(=O)Nc1ccnn1C1CNC1. The molecule has 0 saturated carbocycles. The third-order valence-corrected chi connectivity index (χ3v) is 2.82. The first-order chi connectivity index (χ1) is 8.46. The molecular weight excluding hydrogens is 230 g/mol. The number of hydrogen-bond donors (Lipinski definition) is 3. The van der Waals surface area contributed by atoms with E-state index in [1.54, 1.807) is 6.20 Å². The molecule has 1 aromatic heterocycles. The smallest absolute Gasteiger partial charge is 0.239 e. The zero-order chi connectivity index (χ0) is 13.2. The predicted octanol–water partition coefficient (Wildman–Crippen LogP) is 0.354. The van der Waals surface area contributed by atoms with Crippen LogP contribution >= 0.6 is 0 Å². The second-order valence-corrected chi connectivity index (χ2v) is 5.62. The molecule has 1 aromatic rings. The lowest BCUT2D eigenvalue weighted by molar-refractivity contribution is -0.115. The fourth-order valence-electron chi connectivity index (χ4n) is 1.68. The van der Waals surface area contributed by atoms with Gasteiger partial charge in [-0.15, -0.1) is 0 Å². The Bertz CT molecular complexity index is 416. The second kappa shape index (κ2) is 5.07. The summed E-state index contributed by atoms with van der Waals surface area (Å²) in [5.74, 6) is 0.723. The van der Waals surface area contributed by atoms with Gasteiger partial charge in [-0.3, -0.25) is 4.79 Å². The van der Waals surface area contributed by atoms with Crippen molar-refractivity contribution in [1.82, 2.24) is 20.4 Å². The monoisotopic (exact) mass is 251 g/mol. The predicted molar refractivity (Wildman–Crippen MR) is 70.5 cm³/mol. The first-order valence-electron chi connectivity index (χ1n) is 6.25. The first-order valence-corrected chi connectivity index (χ1v) is 6.25. The molecule has 0 radical (unpaired) electrons. The highest BCUT2D eigenvalue weighted by Gasteiger charge is 2.22. The zero-order valence-electron chi connectivity index (χ0n) is 11.2. The van der Waals surface area contributed by atoms with Gasteiger partial charge in [0, 0.05) is 24.7 Å². The third kappa shape index (κ3) is 3.30. The number of amides is 1. The fraction of sp³-hybridized carbons (Fsp3) is 0.667. The molecule has 6 nitrogen and oxygen atoms in total. The largest absolute Gasteiger partial charge is 0.312 e. The van der Waals surface area contributed by atoms with Gasteiger partial charge in [-0.25, -0.2) is 4.68 Å². The fourth-order valence-corrected chi connectivity index (χ4v) is 1.68. The quantitative estimate of drug-likeness (QED) is 0.722. The Labute approximate surface area is 107 Å². The van der Waals surface area contributed by atoms with Crippen molar-refractivity contribution in [2.24, 2.45) is 0 Å². The highest BCUT2D eigenvalue weighted by molar-refractivity contribution is 5.91. The Morgan fingerprint density at radius 3 is 2.83 bits per heavy atom. The Morgan fingerprint density at radius 1 is 1.56 bits per heavy atom. The summed E-state index contributed by atoms with van der Waals surface area (Å²) in [7, 11) is 0. The van der Waals surface area contributed by atoms with Gasteiger partial charge in [0.05, 0.1) is 18.8 Å². The maximum Gasteiger partial charge on any atom is 0.239 e. The molecule has 1 aliphatic rings. The second-order valence-electron chi connectivity index (χ2n) is 5.62. The number of hydrogen-bond acceptors (Lipinski definition) is 4. The first kappa shape index (κ1) is 13.0. The van der Waals surface area contributed by atoms with Crippen molar-refractivity contribution < 1.29 is 4.79 Å². The highest BCUT2D eigenvalue weighted by atomic mass is 16.2.